The molecule has 2 bridgehead atoms. The summed E-state index contributed by atoms with van der Waals surface area (Å²) in [5, 5.41) is 7.55. The molecular weight excluding hydrogens is 318 g/mol. The molecule has 2 aliphatic carbocycles. The Kier molecular flexibility index (Phi) is 4.21. The van der Waals surface area contributed by atoms with E-state index in [-0.39, 0.29) is 5.91 Å². The fourth-order valence-electron chi connectivity index (χ4n) is 4.70. The zero-order chi connectivity index (χ0) is 16.7. The molecule has 1 aromatic carbocycles. The highest BCUT2D eigenvalue weighted by molar-refractivity contribution is 7.80. The van der Waals surface area contributed by atoms with Crippen LogP contribution in [0.2, 0.25) is 0 Å². The number of hydrogen-bond donors (Lipinski definition) is 2. The maximum atomic E-state index is 11.9. The molecule has 5 heteroatoms. The number of carbonyl (C=O) groups is 1. The highest BCUT2D eigenvalue weighted by Gasteiger charge is 2.39. The Balaban J connectivity index is 1.38. The third-order valence-electron chi connectivity index (χ3n) is 5.87. The quantitative estimate of drug-likeness (QED) is 0.823. The number of hydrogen-bond acceptors (Lipinski definition) is 2. The Bertz CT molecular complexity index is 675. The van der Waals surface area contributed by atoms with Crippen molar-refractivity contribution in [1.82, 2.24) is 5.32 Å². The van der Waals surface area contributed by atoms with Gasteiger partial charge in [0.05, 0.1) is 0 Å². The van der Waals surface area contributed by atoms with Gasteiger partial charge in [-0.1, -0.05) is 6.42 Å². The van der Waals surface area contributed by atoms with Gasteiger partial charge in [0.2, 0.25) is 5.91 Å². The second kappa shape index (κ2) is 6.36. The Hall–Kier alpha value is -1.62. The van der Waals surface area contributed by atoms with E-state index in [1.165, 1.54) is 25.7 Å². The standard InChI is InChI=1S/C19H25N3OS/c1-12-9-15(6-7-17(12)22-8-2-3-18(22)23)20-19(24)21-16-11-13-4-5-14(16)10-13/h6-7,9,13-14,16H,2-5,8,10-11H2,1H3,(H2,20,21,24)/t13-,14-,16-/m0/s1. The van der Waals surface area contributed by atoms with Crippen LogP contribution in [-0.4, -0.2) is 23.6 Å². The molecule has 0 spiro atoms. The lowest BCUT2D eigenvalue weighted by Crippen LogP contribution is -2.40. The van der Waals surface area contributed by atoms with E-state index in [1.54, 1.807) is 0 Å². The molecule has 1 aromatic rings. The molecule has 0 radical (unpaired) electrons. The maximum Gasteiger partial charge on any atom is 0.227 e. The van der Waals surface area contributed by atoms with E-state index < -0.39 is 0 Å². The highest BCUT2D eigenvalue weighted by Crippen LogP contribution is 2.44. The third kappa shape index (κ3) is 3.02. The average molecular weight is 343 g/mol. The molecular formula is C19H25N3OS. The Morgan fingerprint density at radius 3 is 2.79 bits per heavy atom. The van der Waals surface area contributed by atoms with Gasteiger partial charge in [-0.25, -0.2) is 0 Å². The predicted molar refractivity (Wildman–Crippen MR) is 101 cm³/mol. The molecule has 1 aliphatic heterocycles. The van der Waals surface area contributed by atoms with Crippen LogP contribution in [0.15, 0.2) is 18.2 Å². The second-order valence-corrected chi connectivity index (χ2v) is 7.94. The number of carbonyl (C=O) groups excluding carboxylic acids is 1. The number of fused-ring (bicyclic) bond motifs is 2. The molecule has 3 fully saturated rings. The summed E-state index contributed by atoms with van der Waals surface area (Å²) in [4.78, 5) is 13.8. The molecule has 2 saturated carbocycles. The van der Waals surface area contributed by atoms with Gasteiger partial charge in [0.15, 0.2) is 5.11 Å². The van der Waals surface area contributed by atoms with Crippen molar-refractivity contribution in [2.24, 2.45) is 11.8 Å². The van der Waals surface area contributed by atoms with Gasteiger partial charge in [0.25, 0.3) is 0 Å². The zero-order valence-corrected chi connectivity index (χ0v) is 15.0. The van der Waals surface area contributed by atoms with Gasteiger partial charge < -0.3 is 15.5 Å². The van der Waals surface area contributed by atoms with Gasteiger partial charge in [-0.05, 0) is 80.4 Å². The van der Waals surface area contributed by atoms with E-state index in [9.17, 15) is 4.79 Å². The minimum absolute atomic E-state index is 0.229. The summed E-state index contributed by atoms with van der Waals surface area (Å²) >= 11 is 5.50. The predicted octanol–water partition coefficient (Wildman–Crippen LogP) is 3.60. The van der Waals surface area contributed by atoms with Crippen molar-refractivity contribution >= 4 is 34.6 Å². The van der Waals surface area contributed by atoms with Crippen LogP contribution in [0, 0.1) is 18.8 Å². The number of anilines is 2. The van der Waals surface area contributed by atoms with Gasteiger partial charge in [0, 0.05) is 30.4 Å². The van der Waals surface area contributed by atoms with Crippen molar-refractivity contribution in [3.63, 3.8) is 0 Å². The molecule has 3 aliphatic rings. The topological polar surface area (TPSA) is 44.4 Å². The van der Waals surface area contributed by atoms with Crippen molar-refractivity contribution in [2.45, 2.75) is 51.5 Å². The average Bonchev–Trinajstić information content (AvgIpc) is 3.24. The van der Waals surface area contributed by atoms with Crippen molar-refractivity contribution in [3.8, 4) is 0 Å². The lowest BCUT2D eigenvalue weighted by Gasteiger charge is -2.25. The Labute approximate surface area is 149 Å². The molecule has 4 nitrogen and oxygen atoms in total. The van der Waals surface area contributed by atoms with Gasteiger partial charge in [-0.2, -0.15) is 0 Å². The molecule has 1 saturated heterocycles. The van der Waals surface area contributed by atoms with Crippen molar-refractivity contribution in [1.29, 1.82) is 0 Å². The van der Waals surface area contributed by atoms with E-state index in [0.29, 0.717) is 12.5 Å². The third-order valence-corrected chi connectivity index (χ3v) is 6.09. The van der Waals surface area contributed by atoms with Crippen molar-refractivity contribution in [2.75, 3.05) is 16.8 Å². The number of rotatable bonds is 3. The van der Waals surface area contributed by atoms with Gasteiger partial charge in [-0.15, -0.1) is 0 Å². The Morgan fingerprint density at radius 1 is 1.29 bits per heavy atom. The molecule has 128 valence electrons. The zero-order valence-electron chi connectivity index (χ0n) is 14.2. The van der Waals surface area contributed by atoms with Gasteiger partial charge >= 0.3 is 0 Å². The van der Waals surface area contributed by atoms with E-state index in [0.717, 1.165) is 46.9 Å². The van der Waals surface area contributed by atoms with Gasteiger partial charge in [0.1, 0.15) is 0 Å². The Morgan fingerprint density at radius 2 is 2.17 bits per heavy atom. The molecule has 0 unspecified atom stereocenters. The van der Waals surface area contributed by atoms with Crippen molar-refractivity contribution < 1.29 is 4.79 Å². The highest BCUT2D eigenvalue weighted by atomic mass is 32.1. The largest absolute Gasteiger partial charge is 0.359 e. The van der Waals surface area contributed by atoms with Crippen LogP contribution in [-0.2, 0) is 4.79 Å². The summed E-state index contributed by atoms with van der Waals surface area (Å²) in [6, 6.07) is 6.67. The maximum absolute atomic E-state index is 11.9. The van der Waals surface area contributed by atoms with Crippen LogP contribution in [0.3, 0.4) is 0 Å². The minimum atomic E-state index is 0.229. The number of nitrogens with zero attached hydrogens (tertiary/aromatic N) is 1. The molecule has 3 atom stereocenters. The lowest BCUT2D eigenvalue weighted by molar-refractivity contribution is -0.117. The van der Waals surface area contributed by atoms with E-state index >= 15 is 0 Å². The van der Waals surface area contributed by atoms with E-state index in [4.69, 9.17) is 12.2 Å². The minimum Gasteiger partial charge on any atom is -0.359 e. The summed E-state index contributed by atoms with van der Waals surface area (Å²) in [5.41, 5.74) is 3.12. The van der Waals surface area contributed by atoms with Crippen molar-refractivity contribution in [3.05, 3.63) is 23.8 Å². The summed E-state index contributed by atoms with van der Waals surface area (Å²) in [7, 11) is 0. The number of benzene rings is 1. The van der Waals surface area contributed by atoms with Crippen LogP contribution < -0.4 is 15.5 Å². The fourth-order valence-corrected chi connectivity index (χ4v) is 4.97. The van der Waals surface area contributed by atoms with Crippen LogP contribution in [0.4, 0.5) is 11.4 Å². The number of amides is 1. The first kappa shape index (κ1) is 15.9. The molecule has 0 aromatic heterocycles. The normalized spacial score (nSPS) is 28.5. The molecule has 2 N–H and O–H groups in total. The molecule has 1 heterocycles. The number of nitrogens with one attached hydrogen (secondary N) is 2. The number of thiocarbonyl (C=S) groups is 1. The first-order chi connectivity index (χ1) is 11.6. The lowest BCUT2D eigenvalue weighted by atomic mass is 9.95. The van der Waals surface area contributed by atoms with Crippen LogP contribution in [0.1, 0.15) is 44.1 Å². The fraction of sp³-hybridized carbons (Fsp3) is 0.579. The summed E-state index contributed by atoms with van der Waals surface area (Å²) in [5.74, 6) is 1.95. The first-order valence-electron chi connectivity index (χ1n) is 9.08. The molecule has 4 rings (SSSR count). The SMILES string of the molecule is Cc1cc(NC(=S)N[C@H]2C[C@H]3CC[C@H]2C3)ccc1N1CCCC1=O. The summed E-state index contributed by atoms with van der Waals surface area (Å²) in [6.07, 6.45) is 7.01. The summed E-state index contributed by atoms with van der Waals surface area (Å²) < 4.78 is 0. The summed E-state index contributed by atoms with van der Waals surface area (Å²) in [6.45, 7) is 2.88. The first-order valence-corrected chi connectivity index (χ1v) is 9.49. The van der Waals surface area contributed by atoms with Crippen LogP contribution in [0.25, 0.3) is 0 Å². The van der Waals surface area contributed by atoms with Crippen LogP contribution in [0.5, 0.6) is 0 Å². The van der Waals surface area contributed by atoms with E-state index in [1.807, 2.05) is 17.0 Å². The van der Waals surface area contributed by atoms with Gasteiger partial charge in [-0.3, -0.25) is 4.79 Å². The smallest absolute Gasteiger partial charge is 0.227 e. The molecule has 1 amide bonds. The molecule has 24 heavy (non-hydrogen) atoms. The number of aryl methyl sites for hydroxylation is 1. The second-order valence-electron chi connectivity index (χ2n) is 7.53. The van der Waals surface area contributed by atoms with Crippen LogP contribution >= 0.6 is 12.2 Å². The monoisotopic (exact) mass is 343 g/mol. The van der Waals surface area contributed by atoms with E-state index in [2.05, 4.69) is 23.6 Å².